The quantitative estimate of drug-likeness (QED) is 0.930. The van der Waals surface area contributed by atoms with Crippen LogP contribution in [-0.4, -0.2) is 20.6 Å². The van der Waals surface area contributed by atoms with E-state index in [1.807, 2.05) is 11.6 Å². The van der Waals surface area contributed by atoms with Crippen molar-refractivity contribution in [2.24, 2.45) is 7.05 Å². The second-order valence-electron chi connectivity index (χ2n) is 3.37. The second kappa shape index (κ2) is 4.81. The first-order valence-electron chi connectivity index (χ1n) is 4.76. The molecule has 17 heavy (non-hydrogen) atoms. The number of carboxylic acid groups (broad SMARTS) is 1. The number of hydrogen-bond acceptors (Lipinski definition) is 3. The van der Waals surface area contributed by atoms with Gasteiger partial charge in [0.1, 0.15) is 0 Å². The third kappa shape index (κ3) is 2.62. The average molecular weight is 269 g/mol. The Bertz CT molecular complexity index is 568. The van der Waals surface area contributed by atoms with Crippen LogP contribution in [0.25, 0.3) is 0 Å². The monoisotopic (exact) mass is 268 g/mol. The smallest absolute Gasteiger partial charge is 0.336 e. The maximum atomic E-state index is 11.1. The van der Waals surface area contributed by atoms with Gasteiger partial charge < -0.3 is 9.67 Å². The molecule has 4 nitrogen and oxygen atoms in total. The number of aryl methyl sites for hydroxylation is 1. The molecule has 0 radical (unpaired) electrons. The Morgan fingerprint density at radius 3 is 2.88 bits per heavy atom. The fourth-order valence-corrected chi connectivity index (χ4v) is 2.39. The predicted molar refractivity (Wildman–Crippen MR) is 65.7 cm³/mol. The van der Waals surface area contributed by atoms with E-state index in [1.54, 1.807) is 24.5 Å². The molecule has 0 saturated carbocycles. The molecule has 0 amide bonds. The number of hydrogen-bond donors (Lipinski definition) is 1. The summed E-state index contributed by atoms with van der Waals surface area (Å²) in [5.74, 6) is -0.996. The summed E-state index contributed by atoms with van der Waals surface area (Å²) in [4.78, 5) is 15.8. The van der Waals surface area contributed by atoms with Crippen molar-refractivity contribution in [3.8, 4) is 0 Å². The SMILES string of the molecule is Cn1ccnc1Sc1ccc(Cl)cc1C(=O)O. The summed E-state index contributed by atoms with van der Waals surface area (Å²) in [7, 11) is 1.85. The summed E-state index contributed by atoms with van der Waals surface area (Å²) in [6.45, 7) is 0. The van der Waals surface area contributed by atoms with Gasteiger partial charge in [-0.05, 0) is 18.2 Å². The molecule has 2 rings (SSSR count). The molecule has 0 aliphatic rings. The van der Waals surface area contributed by atoms with E-state index in [-0.39, 0.29) is 5.56 Å². The van der Waals surface area contributed by atoms with E-state index in [4.69, 9.17) is 16.7 Å². The number of carbonyl (C=O) groups is 1. The van der Waals surface area contributed by atoms with Gasteiger partial charge in [-0.15, -0.1) is 0 Å². The maximum Gasteiger partial charge on any atom is 0.336 e. The first kappa shape index (κ1) is 12.0. The summed E-state index contributed by atoms with van der Waals surface area (Å²) in [5, 5.41) is 10.2. The number of halogens is 1. The van der Waals surface area contributed by atoms with Crippen LogP contribution in [0.4, 0.5) is 0 Å². The Labute approximate surface area is 107 Å². The number of aromatic nitrogens is 2. The van der Waals surface area contributed by atoms with E-state index in [9.17, 15) is 4.79 Å². The van der Waals surface area contributed by atoms with Crippen LogP contribution in [0.15, 0.2) is 40.6 Å². The first-order chi connectivity index (χ1) is 8.08. The second-order valence-corrected chi connectivity index (χ2v) is 4.81. The van der Waals surface area contributed by atoms with E-state index in [1.165, 1.54) is 17.8 Å². The summed E-state index contributed by atoms with van der Waals surface area (Å²) >= 11 is 7.08. The van der Waals surface area contributed by atoms with Crippen molar-refractivity contribution in [1.29, 1.82) is 0 Å². The zero-order valence-electron chi connectivity index (χ0n) is 8.92. The molecule has 0 aliphatic heterocycles. The van der Waals surface area contributed by atoms with E-state index in [2.05, 4.69) is 4.98 Å². The van der Waals surface area contributed by atoms with Crippen LogP contribution < -0.4 is 0 Å². The lowest BCUT2D eigenvalue weighted by Gasteiger charge is -2.05. The Morgan fingerprint density at radius 2 is 2.29 bits per heavy atom. The standard InChI is InChI=1S/C11H9ClN2O2S/c1-14-5-4-13-11(14)17-9-3-2-7(12)6-8(9)10(15)16/h2-6H,1H3,(H,15,16). The number of carboxylic acids is 1. The molecule has 0 unspecified atom stereocenters. The zero-order chi connectivity index (χ0) is 12.4. The van der Waals surface area contributed by atoms with Gasteiger partial charge in [-0.1, -0.05) is 23.4 Å². The third-order valence-corrected chi connectivity index (χ3v) is 3.54. The Kier molecular flexibility index (Phi) is 3.40. The molecule has 1 aromatic heterocycles. The van der Waals surface area contributed by atoms with Gasteiger partial charge in [0.15, 0.2) is 5.16 Å². The molecule has 0 fully saturated rings. The summed E-state index contributed by atoms with van der Waals surface area (Å²) in [6, 6.07) is 4.79. The van der Waals surface area contributed by atoms with Crippen molar-refractivity contribution in [2.45, 2.75) is 10.1 Å². The lowest BCUT2D eigenvalue weighted by molar-refractivity contribution is 0.0693. The normalized spacial score (nSPS) is 10.5. The van der Waals surface area contributed by atoms with Crippen LogP contribution in [0.1, 0.15) is 10.4 Å². The topological polar surface area (TPSA) is 55.1 Å². The lowest BCUT2D eigenvalue weighted by Crippen LogP contribution is -1.99. The fourth-order valence-electron chi connectivity index (χ4n) is 1.31. The highest BCUT2D eigenvalue weighted by molar-refractivity contribution is 7.99. The fraction of sp³-hybridized carbons (Fsp3) is 0.0909. The molecule has 6 heteroatoms. The van der Waals surface area contributed by atoms with Gasteiger partial charge in [-0.3, -0.25) is 0 Å². The minimum absolute atomic E-state index is 0.186. The van der Waals surface area contributed by atoms with Crippen LogP contribution in [0.3, 0.4) is 0 Å². The van der Waals surface area contributed by atoms with Crippen molar-refractivity contribution in [3.05, 3.63) is 41.2 Å². The van der Waals surface area contributed by atoms with E-state index in [0.717, 1.165) is 5.16 Å². The van der Waals surface area contributed by atoms with Crippen molar-refractivity contribution >= 4 is 29.3 Å². The van der Waals surface area contributed by atoms with Crippen molar-refractivity contribution in [2.75, 3.05) is 0 Å². The van der Waals surface area contributed by atoms with E-state index >= 15 is 0 Å². The summed E-state index contributed by atoms with van der Waals surface area (Å²) in [6.07, 6.45) is 3.47. The third-order valence-electron chi connectivity index (χ3n) is 2.15. The minimum Gasteiger partial charge on any atom is -0.478 e. The van der Waals surface area contributed by atoms with Crippen LogP contribution in [-0.2, 0) is 7.05 Å². The minimum atomic E-state index is -0.996. The number of rotatable bonds is 3. The Morgan fingerprint density at radius 1 is 1.53 bits per heavy atom. The van der Waals surface area contributed by atoms with E-state index < -0.39 is 5.97 Å². The highest BCUT2D eigenvalue weighted by Gasteiger charge is 2.13. The molecule has 2 aromatic rings. The van der Waals surface area contributed by atoms with Crippen LogP contribution >= 0.6 is 23.4 Å². The predicted octanol–water partition coefficient (Wildman–Crippen LogP) is 2.92. The van der Waals surface area contributed by atoms with Crippen molar-refractivity contribution in [3.63, 3.8) is 0 Å². The molecule has 0 atom stereocenters. The number of benzene rings is 1. The number of imidazole rings is 1. The highest BCUT2D eigenvalue weighted by atomic mass is 35.5. The lowest BCUT2D eigenvalue weighted by atomic mass is 10.2. The highest BCUT2D eigenvalue weighted by Crippen LogP contribution is 2.30. The summed E-state index contributed by atoms with van der Waals surface area (Å²) in [5.41, 5.74) is 0.186. The molecule has 0 bridgehead atoms. The maximum absolute atomic E-state index is 11.1. The molecule has 1 N–H and O–H groups in total. The number of aromatic carboxylic acids is 1. The van der Waals surface area contributed by atoms with Crippen LogP contribution in [0.2, 0.25) is 5.02 Å². The molecule has 0 aliphatic carbocycles. The molecule has 88 valence electrons. The molecule has 1 heterocycles. The van der Waals surface area contributed by atoms with Crippen molar-refractivity contribution in [1.82, 2.24) is 9.55 Å². The Balaban J connectivity index is 2.39. The Hall–Kier alpha value is -1.46. The van der Waals surface area contributed by atoms with Gasteiger partial charge in [-0.2, -0.15) is 0 Å². The van der Waals surface area contributed by atoms with E-state index in [0.29, 0.717) is 9.92 Å². The van der Waals surface area contributed by atoms with Gasteiger partial charge in [0.2, 0.25) is 0 Å². The first-order valence-corrected chi connectivity index (χ1v) is 5.95. The molecule has 1 aromatic carbocycles. The molecule has 0 spiro atoms. The molecule has 0 saturated heterocycles. The number of nitrogens with zero attached hydrogens (tertiary/aromatic N) is 2. The van der Waals surface area contributed by atoms with Crippen LogP contribution in [0, 0.1) is 0 Å². The summed E-state index contributed by atoms with van der Waals surface area (Å²) < 4.78 is 1.82. The van der Waals surface area contributed by atoms with Gasteiger partial charge in [0, 0.05) is 29.4 Å². The van der Waals surface area contributed by atoms with Gasteiger partial charge in [-0.25, -0.2) is 9.78 Å². The average Bonchev–Trinajstić information content (AvgIpc) is 2.67. The van der Waals surface area contributed by atoms with Gasteiger partial charge in [0.25, 0.3) is 0 Å². The largest absolute Gasteiger partial charge is 0.478 e. The van der Waals surface area contributed by atoms with Gasteiger partial charge >= 0.3 is 5.97 Å². The van der Waals surface area contributed by atoms with Crippen LogP contribution in [0.5, 0.6) is 0 Å². The molecular formula is C11H9ClN2O2S. The molecular weight excluding hydrogens is 260 g/mol. The van der Waals surface area contributed by atoms with Crippen molar-refractivity contribution < 1.29 is 9.90 Å². The van der Waals surface area contributed by atoms with Gasteiger partial charge in [0.05, 0.1) is 5.56 Å². The zero-order valence-corrected chi connectivity index (χ0v) is 10.5.